The minimum absolute atomic E-state index is 0.731. The van der Waals surface area contributed by atoms with Crippen LogP contribution in [0.25, 0.3) is 0 Å². The van der Waals surface area contributed by atoms with E-state index in [1.165, 1.54) is 24.1 Å². The van der Waals surface area contributed by atoms with Crippen molar-refractivity contribution < 1.29 is 0 Å². The van der Waals surface area contributed by atoms with Crippen LogP contribution in [0.5, 0.6) is 0 Å². The predicted octanol–water partition coefficient (Wildman–Crippen LogP) is 3.04. The van der Waals surface area contributed by atoms with Gasteiger partial charge in [-0.25, -0.2) is 9.97 Å². The van der Waals surface area contributed by atoms with Gasteiger partial charge in [-0.1, -0.05) is 18.2 Å². The van der Waals surface area contributed by atoms with Gasteiger partial charge in [0.25, 0.3) is 0 Å². The number of anilines is 2. The standard InChI is InChI=1S/C17H22N4/c1-14-9-11-19-17(20-14)18-10-5-13-21-12-4-7-15-6-2-3-8-16(15)21/h2-3,6,8-9,11H,4-5,7,10,12-13H2,1H3,(H,18,19,20). The van der Waals surface area contributed by atoms with Gasteiger partial charge in [0.2, 0.25) is 5.95 Å². The predicted molar refractivity (Wildman–Crippen MR) is 86.9 cm³/mol. The summed E-state index contributed by atoms with van der Waals surface area (Å²) < 4.78 is 0. The van der Waals surface area contributed by atoms with Crippen LogP contribution in [0.2, 0.25) is 0 Å². The molecule has 110 valence electrons. The van der Waals surface area contributed by atoms with Crippen molar-refractivity contribution >= 4 is 11.6 Å². The van der Waals surface area contributed by atoms with Gasteiger partial charge in [-0.2, -0.15) is 0 Å². The Hall–Kier alpha value is -2.10. The molecule has 0 atom stereocenters. The Kier molecular flexibility index (Phi) is 4.34. The van der Waals surface area contributed by atoms with Gasteiger partial charge in [-0.3, -0.25) is 0 Å². The van der Waals surface area contributed by atoms with Crippen molar-refractivity contribution in [3.63, 3.8) is 0 Å². The molecule has 0 radical (unpaired) electrons. The molecule has 4 nitrogen and oxygen atoms in total. The Morgan fingerprint density at radius 3 is 3.05 bits per heavy atom. The number of rotatable bonds is 5. The lowest BCUT2D eigenvalue weighted by molar-refractivity contribution is 0.673. The van der Waals surface area contributed by atoms with Crippen molar-refractivity contribution in [3.05, 3.63) is 47.8 Å². The van der Waals surface area contributed by atoms with Crippen molar-refractivity contribution in [2.24, 2.45) is 0 Å². The molecule has 0 unspecified atom stereocenters. The lowest BCUT2D eigenvalue weighted by atomic mass is 10.0. The molecular weight excluding hydrogens is 260 g/mol. The molecule has 0 bridgehead atoms. The van der Waals surface area contributed by atoms with Crippen LogP contribution in [0.1, 0.15) is 24.1 Å². The van der Waals surface area contributed by atoms with E-state index in [4.69, 9.17) is 0 Å². The molecule has 0 saturated carbocycles. The average Bonchev–Trinajstić information content (AvgIpc) is 2.52. The van der Waals surface area contributed by atoms with Crippen molar-refractivity contribution in [1.29, 1.82) is 0 Å². The van der Waals surface area contributed by atoms with Crippen molar-refractivity contribution in [2.45, 2.75) is 26.2 Å². The Bertz CT molecular complexity index is 597. The third-order valence-corrected chi connectivity index (χ3v) is 3.89. The number of fused-ring (bicyclic) bond motifs is 1. The maximum absolute atomic E-state index is 4.36. The van der Waals surface area contributed by atoms with Crippen molar-refractivity contribution in [1.82, 2.24) is 9.97 Å². The highest BCUT2D eigenvalue weighted by Gasteiger charge is 2.15. The van der Waals surface area contributed by atoms with Crippen LogP contribution < -0.4 is 10.2 Å². The molecule has 1 aromatic heterocycles. The fourth-order valence-corrected chi connectivity index (χ4v) is 2.85. The quantitative estimate of drug-likeness (QED) is 0.856. The topological polar surface area (TPSA) is 41.1 Å². The molecule has 1 aliphatic rings. The second-order valence-electron chi connectivity index (χ2n) is 5.52. The van der Waals surface area contributed by atoms with Crippen LogP contribution in [0.3, 0.4) is 0 Å². The van der Waals surface area contributed by atoms with E-state index in [2.05, 4.69) is 44.5 Å². The summed E-state index contributed by atoms with van der Waals surface area (Å²) in [5.41, 5.74) is 3.90. The molecule has 1 aromatic carbocycles. The molecule has 4 heteroatoms. The summed E-state index contributed by atoms with van der Waals surface area (Å²) in [4.78, 5) is 11.1. The summed E-state index contributed by atoms with van der Waals surface area (Å²) in [7, 11) is 0. The second-order valence-corrected chi connectivity index (χ2v) is 5.52. The zero-order valence-corrected chi connectivity index (χ0v) is 12.5. The van der Waals surface area contributed by atoms with Gasteiger partial charge in [0.15, 0.2) is 0 Å². The molecule has 0 saturated heterocycles. The van der Waals surface area contributed by atoms with Gasteiger partial charge in [0.1, 0.15) is 0 Å². The van der Waals surface area contributed by atoms with E-state index in [1.807, 2.05) is 13.0 Å². The van der Waals surface area contributed by atoms with Gasteiger partial charge in [0.05, 0.1) is 0 Å². The van der Waals surface area contributed by atoms with Crippen molar-refractivity contribution in [3.8, 4) is 0 Å². The highest BCUT2D eigenvalue weighted by molar-refractivity contribution is 5.55. The van der Waals surface area contributed by atoms with Crippen LogP contribution >= 0.6 is 0 Å². The highest BCUT2D eigenvalue weighted by Crippen LogP contribution is 2.26. The summed E-state index contributed by atoms with van der Waals surface area (Å²) in [6.07, 6.45) is 5.35. The molecule has 2 aromatic rings. The van der Waals surface area contributed by atoms with Crippen molar-refractivity contribution in [2.75, 3.05) is 29.9 Å². The van der Waals surface area contributed by atoms with Gasteiger partial charge in [-0.15, -0.1) is 0 Å². The molecule has 0 amide bonds. The first-order valence-electron chi connectivity index (χ1n) is 7.69. The van der Waals surface area contributed by atoms with E-state index in [-0.39, 0.29) is 0 Å². The van der Waals surface area contributed by atoms with Gasteiger partial charge >= 0.3 is 0 Å². The number of hydrogen-bond acceptors (Lipinski definition) is 4. The third-order valence-electron chi connectivity index (χ3n) is 3.89. The minimum atomic E-state index is 0.731. The molecule has 0 spiro atoms. The fraction of sp³-hybridized carbons (Fsp3) is 0.412. The number of hydrogen-bond donors (Lipinski definition) is 1. The molecule has 2 heterocycles. The summed E-state index contributed by atoms with van der Waals surface area (Å²) in [5, 5.41) is 3.30. The van der Waals surface area contributed by atoms with Crippen LogP contribution in [-0.2, 0) is 6.42 Å². The molecule has 3 rings (SSSR count). The fourth-order valence-electron chi connectivity index (χ4n) is 2.85. The number of para-hydroxylation sites is 1. The Balaban J connectivity index is 1.50. The number of benzene rings is 1. The van der Waals surface area contributed by atoms with E-state index >= 15 is 0 Å². The Labute approximate surface area is 126 Å². The van der Waals surface area contributed by atoms with Crippen LogP contribution in [0.4, 0.5) is 11.6 Å². The minimum Gasteiger partial charge on any atom is -0.371 e. The molecule has 1 aliphatic heterocycles. The van der Waals surface area contributed by atoms with E-state index < -0.39 is 0 Å². The monoisotopic (exact) mass is 282 g/mol. The first kappa shape index (κ1) is 13.9. The maximum atomic E-state index is 4.36. The third kappa shape index (κ3) is 3.51. The van der Waals surface area contributed by atoms with E-state index in [1.54, 1.807) is 6.20 Å². The smallest absolute Gasteiger partial charge is 0.222 e. The zero-order valence-electron chi connectivity index (χ0n) is 12.5. The number of nitrogens with zero attached hydrogens (tertiary/aromatic N) is 3. The normalized spacial score (nSPS) is 13.9. The first-order chi connectivity index (χ1) is 10.3. The van der Waals surface area contributed by atoms with E-state index in [0.717, 1.165) is 37.7 Å². The number of nitrogens with one attached hydrogen (secondary N) is 1. The molecule has 0 aliphatic carbocycles. The summed E-state index contributed by atoms with van der Waals surface area (Å²) in [6, 6.07) is 10.7. The lowest BCUT2D eigenvalue weighted by Crippen LogP contribution is -2.31. The summed E-state index contributed by atoms with van der Waals surface area (Å²) in [6.45, 7) is 5.13. The van der Waals surface area contributed by atoms with Gasteiger partial charge in [-0.05, 0) is 43.9 Å². The van der Waals surface area contributed by atoms with Gasteiger partial charge in [0, 0.05) is 37.2 Å². The Morgan fingerprint density at radius 1 is 1.24 bits per heavy atom. The number of aryl methyl sites for hydroxylation is 2. The van der Waals surface area contributed by atoms with Crippen LogP contribution in [0, 0.1) is 6.92 Å². The first-order valence-corrected chi connectivity index (χ1v) is 7.69. The zero-order chi connectivity index (χ0) is 14.5. The number of aromatic nitrogens is 2. The molecule has 0 fully saturated rings. The molecular formula is C17H22N4. The Morgan fingerprint density at radius 2 is 2.14 bits per heavy atom. The average molecular weight is 282 g/mol. The van der Waals surface area contributed by atoms with Crippen LogP contribution in [0.15, 0.2) is 36.5 Å². The maximum Gasteiger partial charge on any atom is 0.222 e. The van der Waals surface area contributed by atoms with Gasteiger partial charge < -0.3 is 10.2 Å². The van der Waals surface area contributed by atoms with Crippen LogP contribution in [-0.4, -0.2) is 29.6 Å². The lowest BCUT2D eigenvalue weighted by Gasteiger charge is -2.31. The molecule has 1 N–H and O–H groups in total. The highest BCUT2D eigenvalue weighted by atomic mass is 15.1. The largest absolute Gasteiger partial charge is 0.371 e. The SMILES string of the molecule is Cc1ccnc(NCCCN2CCCc3ccccc32)n1. The summed E-state index contributed by atoms with van der Waals surface area (Å²) in [5.74, 6) is 0.731. The van der Waals surface area contributed by atoms with E-state index in [0.29, 0.717) is 0 Å². The molecule has 21 heavy (non-hydrogen) atoms. The van der Waals surface area contributed by atoms with E-state index in [9.17, 15) is 0 Å². The summed E-state index contributed by atoms with van der Waals surface area (Å²) >= 11 is 0. The second kappa shape index (κ2) is 6.57.